The number of nitrogens with zero attached hydrogens (tertiary/aromatic N) is 2. The van der Waals surface area contributed by atoms with Crippen molar-refractivity contribution in [1.82, 2.24) is 20.8 Å². The molecule has 3 N–H and O–H groups in total. The molecule has 3 amide bonds. The fourth-order valence-corrected chi connectivity index (χ4v) is 3.54. The molecule has 0 aromatic heterocycles. The largest absolute Gasteiger partial charge is 0.479 e. The summed E-state index contributed by atoms with van der Waals surface area (Å²) in [5.74, 6) is -1.51. The maximum atomic E-state index is 12.3. The predicted molar refractivity (Wildman–Crippen MR) is 84.1 cm³/mol. The maximum Gasteiger partial charge on any atom is 0.345 e. The van der Waals surface area contributed by atoms with Gasteiger partial charge in [0.05, 0.1) is 12.6 Å². The van der Waals surface area contributed by atoms with Crippen LogP contribution >= 0.6 is 0 Å². The number of rotatable bonds is 7. The van der Waals surface area contributed by atoms with Crippen LogP contribution in [0.1, 0.15) is 32.1 Å². The van der Waals surface area contributed by atoms with Gasteiger partial charge in [0.25, 0.3) is 5.91 Å². The average molecular weight is 356 g/mol. The molecule has 3 saturated heterocycles. The Morgan fingerprint density at radius 2 is 2.12 bits per heavy atom. The van der Waals surface area contributed by atoms with Crippen molar-refractivity contribution in [1.29, 1.82) is 0 Å². The van der Waals surface area contributed by atoms with Crippen LogP contribution in [0.3, 0.4) is 0 Å². The Hall–Kier alpha value is -1.91. The van der Waals surface area contributed by atoms with Gasteiger partial charge < -0.3 is 15.3 Å². The van der Waals surface area contributed by atoms with Crippen LogP contribution in [-0.2, 0) is 19.3 Å². The van der Waals surface area contributed by atoms with Crippen molar-refractivity contribution in [3.05, 3.63) is 0 Å². The zero-order valence-corrected chi connectivity index (χ0v) is 14.0. The van der Waals surface area contributed by atoms with Gasteiger partial charge in [0, 0.05) is 12.6 Å². The Kier molecular flexibility index (Phi) is 5.71. The van der Waals surface area contributed by atoms with Crippen LogP contribution in [-0.4, -0.2) is 77.4 Å². The van der Waals surface area contributed by atoms with Crippen LogP contribution < -0.4 is 10.8 Å². The summed E-state index contributed by atoms with van der Waals surface area (Å²) in [6, 6.07) is -1.08. The number of hydroxylamine groups is 3. The van der Waals surface area contributed by atoms with Gasteiger partial charge in [-0.2, -0.15) is 5.06 Å². The van der Waals surface area contributed by atoms with E-state index in [-0.39, 0.29) is 18.0 Å². The second kappa shape index (κ2) is 7.98. The van der Waals surface area contributed by atoms with Crippen LogP contribution in [0.2, 0.25) is 0 Å². The fraction of sp³-hybridized carbons (Fsp3) is 0.800. The minimum atomic E-state index is -1.15. The maximum absolute atomic E-state index is 12.3. The van der Waals surface area contributed by atoms with Crippen molar-refractivity contribution in [2.75, 3.05) is 26.3 Å². The van der Waals surface area contributed by atoms with Crippen molar-refractivity contribution in [3.8, 4) is 0 Å². The van der Waals surface area contributed by atoms with Gasteiger partial charge in [0.2, 0.25) is 0 Å². The minimum absolute atomic E-state index is 0.219. The Labute approximate surface area is 145 Å². The van der Waals surface area contributed by atoms with E-state index in [1.54, 1.807) is 0 Å². The molecule has 10 nitrogen and oxygen atoms in total. The first-order chi connectivity index (χ1) is 12.1. The average Bonchev–Trinajstić information content (AvgIpc) is 2.84. The van der Waals surface area contributed by atoms with Crippen molar-refractivity contribution in [3.63, 3.8) is 0 Å². The molecule has 140 valence electrons. The van der Waals surface area contributed by atoms with Crippen LogP contribution in [0.15, 0.2) is 0 Å². The van der Waals surface area contributed by atoms with Gasteiger partial charge in [-0.15, -0.1) is 0 Å². The Morgan fingerprint density at radius 1 is 1.28 bits per heavy atom. The number of hydrogen-bond donors (Lipinski definition) is 3. The highest BCUT2D eigenvalue weighted by Crippen LogP contribution is 2.30. The summed E-state index contributed by atoms with van der Waals surface area (Å²) in [5.41, 5.74) is 2.44. The zero-order chi connectivity index (χ0) is 17.8. The molecule has 0 radical (unpaired) electrons. The van der Waals surface area contributed by atoms with Gasteiger partial charge in [-0.05, 0) is 32.2 Å². The molecule has 3 rings (SSSR count). The molecule has 3 atom stereocenters. The first-order valence-corrected chi connectivity index (χ1v) is 8.66. The molecule has 3 fully saturated rings. The molecular formula is C15H24N4O6. The van der Waals surface area contributed by atoms with Gasteiger partial charge in [0.15, 0.2) is 6.61 Å². The number of hydrogen-bond acceptors (Lipinski definition) is 6. The van der Waals surface area contributed by atoms with E-state index >= 15 is 0 Å². The molecule has 3 aliphatic rings. The fourth-order valence-electron chi connectivity index (χ4n) is 3.54. The van der Waals surface area contributed by atoms with E-state index in [1.165, 1.54) is 4.90 Å². The topological polar surface area (TPSA) is 120 Å². The number of aliphatic carboxylic acids is 1. The highest BCUT2D eigenvalue weighted by atomic mass is 16.7. The number of carboxylic acid groups (broad SMARTS) is 1. The third-order valence-electron chi connectivity index (χ3n) is 4.82. The summed E-state index contributed by atoms with van der Waals surface area (Å²) < 4.78 is 0. The highest BCUT2D eigenvalue weighted by Gasteiger charge is 2.48. The number of amides is 3. The lowest BCUT2D eigenvalue weighted by Gasteiger charge is -2.29. The van der Waals surface area contributed by atoms with E-state index in [0.717, 1.165) is 30.9 Å². The molecule has 2 bridgehead atoms. The molecule has 0 aliphatic carbocycles. The lowest BCUT2D eigenvalue weighted by Crippen LogP contribution is -2.50. The van der Waals surface area contributed by atoms with E-state index in [4.69, 9.17) is 14.8 Å². The molecule has 25 heavy (non-hydrogen) atoms. The molecular weight excluding hydrogens is 332 g/mol. The van der Waals surface area contributed by atoms with E-state index in [1.807, 2.05) is 0 Å². The number of urea groups is 1. The van der Waals surface area contributed by atoms with Crippen LogP contribution in [0.25, 0.3) is 0 Å². The van der Waals surface area contributed by atoms with Gasteiger partial charge in [-0.25, -0.2) is 15.1 Å². The molecule has 0 spiro atoms. The molecule has 3 heterocycles. The SMILES string of the molecule is O=C(O)CON1C(=O)N2C[C@H]1CC[C@H]2C(=O)NOC[C@H]1CCCCN1. The lowest BCUT2D eigenvalue weighted by atomic mass is 10.0. The first kappa shape index (κ1) is 17.9. The molecule has 10 heteroatoms. The van der Waals surface area contributed by atoms with Crippen molar-refractivity contribution < 1.29 is 29.2 Å². The normalized spacial score (nSPS) is 29.0. The second-order valence-corrected chi connectivity index (χ2v) is 6.60. The van der Waals surface area contributed by atoms with E-state index in [2.05, 4.69) is 10.8 Å². The Balaban J connectivity index is 1.47. The number of piperidine rings is 2. The summed E-state index contributed by atoms with van der Waals surface area (Å²) in [5, 5.41) is 13.1. The zero-order valence-electron chi connectivity index (χ0n) is 14.0. The minimum Gasteiger partial charge on any atom is -0.479 e. The summed E-state index contributed by atoms with van der Waals surface area (Å²) in [7, 11) is 0. The van der Waals surface area contributed by atoms with E-state index < -0.39 is 24.6 Å². The summed E-state index contributed by atoms with van der Waals surface area (Å²) >= 11 is 0. The Morgan fingerprint density at radius 3 is 2.84 bits per heavy atom. The number of carbonyl (C=O) groups is 3. The quantitative estimate of drug-likeness (QED) is 0.524. The second-order valence-electron chi connectivity index (χ2n) is 6.60. The number of fused-ring (bicyclic) bond motifs is 2. The molecule has 0 aromatic rings. The van der Waals surface area contributed by atoms with Crippen LogP contribution in [0.5, 0.6) is 0 Å². The van der Waals surface area contributed by atoms with Gasteiger partial charge in [-0.3, -0.25) is 14.5 Å². The van der Waals surface area contributed by atoms with Gasteiger partial charge in [-0.1, -0.05) is 6.42 Å². The van der Waals surface area contributed by atoms with E-state index in [0.29, 0.717) is 26.0 Å². The number of carboxylic acids is 1. The summed E-state index contributed by atoms with van der Waals surface area (Å²) in [6.45, 7) is 1.12. The lowest BCUT2D eigenvalue weighted by molar-refractivity contribution is -0.167. The van der Waals surface area contributed by atoms with Crippen molar-refractivity contribution in [2.24, 2.45) is 0 Å². The standard InChI is InChI=1S/C15H24N4O6/c20-13(21)9-25-19-11-4-5-12(18(7-11)15(19)23)14(22)17-24-8-10-3-1-2-6-16-10/h10-12,16H,1-9H2,(H,17,22)(H,20,21)/t10-,11-,12+/m1/s1. The Bertz CT molecular complexity index is 524. The van der Waals surface area contributed by atoms with Gasteiger partial charge in [0.1, 0.15) is 6.04 Å². The number of nitrogens with one attached hydrogen (secondary N) is 2. The molecule has 0 unspecified atom stereocenters. The number of carbonyl (C=O) groups excluding carboxylic acids is 2. The van der Waals surface area contributed by atoms with Crippen LogP contribution in [0, 0.1) is 0 Å². The summed E-state index contributed by atoms with van der Waals surface area (Å²) in [6.07, 6.45) is 4.38. The van der Waals surface area contributed by atoms with Crippen molar-refractivity contribution in [2.45, 2.75) is 50.2 Å². The summed E-state index contributed by atoms with van der Waals surface area (Å²) in [4.78, 5) is 47.1. The monoisotopic (exact) mass is 356 g/mol. The first-order valence-electron chi connectivity index (χ1n) is 8.66. The predicted octanol–water partition coefficient (Wildman–Crippen LogP) is -0.539. The smallest absolute Gasteiger partial charge is 0.345 e. The van der Waals surface area contributed by atoms with Crippen molar-refractivity contribution >= 4 is 17.9 Å². The van der Waals surface area contributed by atoms with Crippen LogP contribution in [0.4, 0.5) is 4.79 Å². The molecule has 0 saturated carbocycles. The molecule has 0 aromatic carbocycles. The van der Waals surface area contributed by atoms with Gasteiger partial charge >= 0.3 is 12.0 Å². The van der Waals surface area contributed by atoms with E-state index in [9.17, 15) is 14.4 Å². The third-order valence-corrected chi connectivity index (χ3v) is 4.82. The molecule has 3 aliphatic heterocycles. The third kappa shape index (κ3) is 4.20. The highest BCUT2D eigenvalue weighted by molar-refractivity contribution is 5.88.